The van der Waals surface area contributed by atoms with Gasteiger partial charge < -0.3 is 10.4 Å². The molecule has 0 aliphatic rings. The van der Waals surface area contributed by atoms with Gasteiger partial charge in [-0.25, -0.2) is 4.79 Å². The van der Waals surface area contributed by atoms with Crippen LogP contribution in [0, 0.1) is 5.92 Å². The fraction of sp³-hybridized carbons (Fsp3) is 0.312. The van der Waals surface area contributed by atoms with Gasteiger partial charge >= 0.3 is 5.97 Å². The Hall–Kier alpha value is -2.14. The van der Waals surface area contributed by atoms with Crippen LogP contribution in [0.1, 0.15) is 30.6 Å². The van der Waals surface area contributed by atoms with E-state index in [2.05, 4.69) is 10.3 Å². The summed E-state index contributed by atoms with van der Waals surface area (Å²) in [6.07, 6.45) is 1.93. The van der Waals surface area contributed by atoms with Gasteiger partial charge in [-0.3, -0.25) is 9.78 Å². The van der Waals surface area contributed by atoms with E-state index in [1.54, 1.807) is 30.5 Å². The second-order valence-electron chi connectivity index (χ2n) is 5.49. The summed E-state index contributed by atoms with van der Waals surface area (Å²) in [5.41, 5.74) is 0.774. The molecule has 0 spiro atoms. The largest absolute Gasteiger partial charge is 0.480 e. The first-order chi connectivity index (χ1) is 10.4. The molecule has 1 amide bonds. The molecule has 0 aliphatic carbocycles. The van der Waals surface area contributed by atoms with Crippen molar-refractivity contribution in [1.82, 2.24) is 10.3 Å². The fourth-order valence-electron chi connectivity index (χ4n) is 2.25. The van der Waals surface area contributed by atoms with Crippen LogP contribution >= 0.6 is 11.6 Å². The Labute approximate surface area is 133 Å². The highest BCUT2D eigenvalue weighted by Gasteiger charge is 2.23. The zero-order chi connectivity index (χ0) is 16.3. The second-order valence-corrected chi connectivity index (χ2v) is 5.90. The average Bonchev–Trinajstić information content (AvgIpc) is 2.46. The van der Waals surface area contributed by atoms with Crippen molar-refractivity contribution in [3.63, 3.8) is 0 Å². The molecule has 1 heterocycles. The molecule has 0 radical (unpaired) electrons. The molecule has 1 aromatic heterocycles. The number of fused-ring (bicyclic) bond motifs is 1. The molecule has 0 saturated heterocycles. The molecule has 1 aromatic carbocycles. The van der Waals surface area contributed by atoms with Gasteiger partial charge in [0.2, 0.25) is 0 Å². The number of hydrogen-bond donors (Lipinski definition) is 2. The van der Waals surface area contributed by atoms with E-state index in [1.807, 2.05) is 13.8 Å². The number of hydrogen-bond acceptors (Lipinski definition) is 3. The minimum Gasteiger partial charge on any atom is -0.480 e. The lowest BCUT2D eigenvalue weighted by molar-refractivity contribution is -0.139. The lowest BCUT2D eigenvalue weighted by atomic mass is 10.0. The van der Waals surface area contributed by atoms with Crippen molar-refractivity contribution in [2.45, 2.75) is 26.3 Å². The van der Waals surface area contributed by atoms with Crippen LogP contribution in [0.15, 0.2) is 30.5 Å². The van der Waals surface area contributed by atoms with Crippen molar-refractivity contribution in [1.29, 1.82) is 0 Å². The maximum atomic E-state index is 12.4. The summed E-state index contributed by atoms with van der Waals surface area (Å²) in [7, 11) is 0. The second kappa shape index (κ2) is 6.75. The summed E-state index contributed by atoms with van der Waals surface area (Å²) in [6, 6.07) is 5.74. The predicted molar refractivity (Wildman–Crippen MR) is 85.1 cm³/mol. The third-order valence-electron chi connectivity index (χ3n) is 3.27. The minimum absolute atomic E-state index is 0.154. The van der Waals surface area contributed by atoms with Crippen LogP contribution in [0.4, 0.5) is 0 Å². The quantitative estimate of drug-likeness (QED) is 0.887. The Balaban J connectivity index is 2.33. The molecule has 2 rings (SSSR count). The predicted octanol–water partition coefficient (Wildman–Crippen LogP) is 3.12. The number of halogens is 1. The topological polar surface area (TPSA) is 79.3 Å². The summed E-state index contributed by atoms with van der Waals surface area (Å²) >= 11 is 6.09. The van der Waals surface area contributed by atoms with Gasteiger partial charge in [0, 0.05) is 11.6 Å². The number of amides is 1. The van der Waals surface area contributed by atoms with E-state index >= 15 is 0 Å². The van der Waals surface area contributed by atoms with Gasteiger partial charge in [-0.05, 0) is 36.6 Å². The first kappa shape index (κ1) is 16.2. The van der Waals surface area contributed by atoms with Crippen molar-refractivity contribution in [3.05, 3.63) is 41.0 Å². The first-order valence-electron chi connectivity index (χ1n) is 6.97. The number of benzene rings is 1. The lowest BCUT2D eigenvalue weighted by Gasteiger charge is -2.17. The highest BCUT2D eigenvalue weighted by atomic mass is 35.5. The molecule has 0 unspecified atom stereocenters. The zero-order valence-corrected chi connectivity index (χ0v) is 13.1. The molecule has 2 aromatic rings. The molecule has 6 heteroatoms. The highest BCUT2D eigenvalue weighted by molar-refractivity contribution is 6.36. The standard InChI is InChI=1S/C16H17ClN2O3/c1-9(2)8-13(16(21)22)19-15(20)11-5-6-12(17)10-4-3-7-18-14(10)11/h3-7,9,13H,8H2,1-2H3,(H,19,20)(H,21,22)/t13-/m1/s1. The van der Waals surface area contributed by atoms with E-state index in [9.17, 15) is 14.7 Å². The maximum Gasteiger partial charge on any atom is 0.326 e. The number of carbonyl (C=O) groups is 2. The van der Waals surface area contributed by atoms with Gasteiger partial charge in [0.1, 0.15) is 6.04 Å². The van der Waals surface area contributed by atoms with E-state index in [0.29, 0.717) is 27.9 Å². The van der Waals surface area contributed by atoms with Gasteiger partial charge in [-0.2, -0.15) is 0 Å². The molecule has 0 saturated carbocycles. The summed E-state index contributed by atoms with van der Waals surface area (Å²) in [5, 5.41) is 12.9. The van der Waals surface area contributed by atoms with E-state index in [0.717, 1.165) is 0 Å². The molecule has 5 nitrogen and oxygen atoms in total. The maximum absolute atomic E-state index is 12.4. The van der Waals surface area contributed by atoms with Crippen molar-refractivity contribution >= 4 is 34.4 Å². The van der Waals surface area contributed by atoms with Gasteiger partial charge in [0.05, 0.1) is 16.1 Å². The van der Waals surface area contributed by atoms with E-state index in [4.69, 9.17) is 11.6 Å². The van der Waals surface area contributed by atoms with Crippen LogP contribution in [0.3, 0.4) is 0 Å². The van der Waals surface area contributed by atoms with Crippen molar-refractivity contribution in [2.75, 3.05) is 0 Å². The Morgan fingerprint density at radius 2 is 2.05 bits per heavy atom. The molecule has 0 bridgehead atoms. The smallest absolute Gasteiger partial charge is 0.326 e. The number of nitrogens with one attached hydrogen (secondary N) is 1. The van der Waals surface area contributed by atoms with Crippen LogP contribution in [0.2, 0.25) is 5.02 Å². The summed E-state index contributed by atoms with van der Waals surface area (Å²) < 4.78 is 0. The molecule has 0 fully saturated rings. The molecular weight excluding hydrogens is 304 g/mol. The Morgan fingerprint density at radius 1 is 1.32 bits per heavy atom. The molecular formula is C16H17ClN2O3. The highest BCUT2D eigenvalue weighted by Crippen LogP contribution is 2.24. The Kier molecular flexibility index (Phi) is 4.98. The fourth-order valence-corrected chi connectivity index (χ4v) is 2.47. The van der Waals surface area contributed by atoms with E-state index < -0.39 is 17.9 Å². The number of aliphatic carboxylic acids is 1. The van der Waals surface area contributed by atoms with Gasteiger partial charge in [-0.15, -0.1) is 0 Å². The van der Waals surface area contributed by atoms with E-state index in [1.165, 1.54) is 0 Å². The number of rotatable bonds is 5. The summed E-state index contributed by atoms with van der Waals surface area (Å²) in [6.45, 7) is 3.81. The molecule has 0 aliphatic heterocycles. The molecule has 2 N–H and O–H groups in total. The van der Waals surface area contributed by atoms with Gasteiger partial charge in [-0.1, -0.05) is 25.4 Å². The minimum atomic E-state index is -1.05. The molecule has 116 valence electrons. The van der Waals surface area contributed by atoms with Crippen LogP contribution < -0.4 is 5.32 Å². The third kappa shape index (κ3) is 3.54. The van der Waals surface area contributed by atoms with Crippen molar-refractivity contribution < 1.29 is 14.7 Å². The average molecular weight is 321 g/mol. The number of aromatic nitrogens is 1. The first-order valence-corrected chi connectivity index (χ1v) is 7.35. The van der Waals surface area contributed by atoms with E-state index in [-0.39, 0.29) is 5.92 Å². The number of nitrogens with zero attached hydrogens (tertiary/aromatic N) is 1. The molecule has 1 atom stereocenters. The van der Waals surface area contributed by atoms with Gasteiger partial charge in [0.25, 0.3) is 5.91 Å². The number of pyridine rings is 1. The zero-order valence-electron chi connectivity index (χ0n) is 12.3. The third-order valence-corrected chi connectivity index (χ3v) is 3.60. The van der Waals surface area contributed by atoms with Crippen LogP contribution in [0.25, 0.3) is 10.9 Å². The van der Waals surface area contributed by atoms with Crippen LogP contribution in [-0.2, 0) is 4.79 Å². The normalized spacial score (nSPS) is 12.4. The number of carbonyl (C=O) groups excluding carboxylic acids is 1. The van der Waals surface area contributed by atoms with Crippen molar-refractivity contribution in [3.8, 4) is 0 Å². The summed E-state index contributed by atoms with van der Waals surface area (Å²) in [4.78, 5) is 27.9. The van der Waals surface area contributed by atoms with Crippen molar-refractivity contribution in [2.24, 2.45) is 5.92 Å². The number of carboxylic acid groups (broad SMARTS) is 1. The molecule has 22 heavy (non-hydrogen) atoms. The summed E-state index contributed by atoms with van der Waals surface area (Å²) in [5.74, 6) is -1.36. The number of carboxylic acids is 1. The Bertz CT molecular complexity index is 716. The van der Waals surface area contributed by atoms with Crippen LogP contribution in [0.5, 0.6) is 0 Å². The SMILES string of the molecule is CC(C)C[C@@H](NC(=O)c1ccc(Cl)c2cccnc12)C(=O)O. The monoisotopic (exact) mass is 320 g/mol. The van der Waals surface area contributed by atoms with Gasteiger partial charge in [0.15, 0.2) is 0 Å². The lowest BCUT2D eigenvalue weighted by Crippen LogP contribution is -2.41. The van der Waals surface area contributed by atoms with Crippen LogP contribution in [-0.4, -0.2) is 28.0 Å². The Morgan fingerprint density at radius 3 is 2.68 bits per heavy atom.